The highest BCUT2D eigenvalue weighted by atomic mass is 31.2. The number of rotatable bonds is 5. The molecule has 0 unspecified atom stereocenters. The van der Waals surface area contributed by atoms with Crippen LogP contribution in [-0.4, -0.2) is 35.3 Å². The number of phosphoric ester groups is 1. The molecular formula is C4H7O7P-2. The lowest BCUT2D eigenvalue weighted by molar-refractivity contribution is -0.343. The van der Waals surface area contributed by atoms with Gasteiger partial charge in [0.15, 0.2) is 6.29 Å². The first-order chi connectivity index (χ1) is 5.37. The third-order valence-electron chi connectivity index (χ3n) is 0.937. The summed E-state index contributed by atoms with van der Waals surface area (Å²) in [5.41, 5.74) is 0. The minimum Gasteiger partial charge on any atom is -0.790 e. The van der Waals surface area contributed by atoms with E-state index >= 15 is 0 Å². The number of carbonyl (C=O) groups is 1. The molecule has 0 saturated carbocycles. The van der Waals surface area contributed by atoms with Crippen LogP contribution in [0.25, 0.3) is 0 Å². The summed E-state index contributed by atoms with van der Waals surface area (Å²) in [4.78, 5) is 29.4. The first-order valence-corrected chi connectivity index (χ1v) is 4.31. The van der Waals surface area contributed by atoms with Gasteiger partial charge in [0.2, 0.25) is 0 Å². The lowest BCUT2D eigenvalue weighted by atomic mass is 10.2. The third-order valence-corrected chi connectivity index (χ3v) is 1.40. The predicted octanol–water partition coefficient (Wildman–Crippen LogP) is -3.25. The Morgan fingerprint density at radius 2 is 2.00 bits per heavy atom. The summed E-state index contributed by atoms with van der Waals surface area (Å²) >= 11 is 0. The van der Waals surface area contributed by atoms with Gasteiger partial charge in [0.05, 0.1) is 14.4 Å². The molecule has 0 heterocycles. The van der Waals surface area contributed by atoms with Crippen molar-refractivity contribution in [2.45, 2.75) is 12.2 Å². The van der Waals surface area contributed by atoms with Crippen molar-refractivity contribution >= 4 is 14.1 Å². The summed E-state index contributed by atoms with van der Waals surface area (Å²) in [7, 11) is -5.16. The average molecular weight is 198 g/mol. The number of phosphoric acid groups is 1. The minimum absolute atomic E-state index is 0.00540. The van der Waals surface area contributed by atoms with Gasteiger partial charge in [0, 0.05) is 0 Å². The molecule has 0 saturated heterocycles. The summed E-state index contributed by atoms with van der Waals surface area (Å²) in [5, 5.41) is 17.2. The Balaban J connectivity index is 3.79. The van der Waals surface area contributed by atoms with Crippen LogP contribution >= 0.6 is 7.82 Å². The summed E-state index contributed by atoms with van der Waals surface area (Å²) in [5.74, 6) is 0. The van der Waals surface area contributed by atoms with Crippen LogP contribution < -0.4 is 9.79 Å². The number of aldehydes is 1. The SMILES string of the molecule is O=C[C@H](O)[C@H](O)COP(=O)([O-])[O-]. The smallest absolute Gasteiger partial charge is 0.151 e. The topological polar surface area (TPSA) is 130 Å². The fourth-order valence-corrected chi connectivity index (χ4v) is 0.692. The second-order valence-electron chi connectivity index (χ2n) is 1.94. The Morgan fingerprint density at radius 1 is 1.50 bits per heavy atom. The molecule has 0 fully saturated rings. The van der Waals surface area contributed by atoms with Crippen molar-refractivity contribution in [3.05, 3.63) is 0 Å². The standard InChI is InChI=1S/C4H9O7P/c5-1-3(6)4(7)2-11-12(8,9)10/h1,3-4,6-7H,2H2,(H2,8,9,10)/p-2/t3-,4+/m0/s1. The van der Waals surface area contributed by atoms with Crippen molar-refractivity contribution in [3.63, 3.8) is 0 Å². The fourth-order valence-electron chi connectivity index (χ4n) is 0.357. The molecule has 0 aromatic rings. The van der Waals surface area contributed by atoms with Crippen LogP contribution in [0.1, 0.15) is 0 Å². The lowest BCUT2D eigenvalue weighted by Gasteiger charge is -2.29. The fraction of sp³-hybridized carbons (Fsp3) is 0.750. The lowest BCUT2D eigenvalue weighted by Crippen LogP contribution is -2.32. The summed E-state index contributed by atoms with van der Waals surface area (Å²) < 4.78 is 13.4. The maximum absolute atomic E-state index is 9.82. The molecule has 2 N–H and O–H groups in total. The molecule has 0 amide bonds. The van der Waals surface area contributed by atoms with Crippen LogP contribution in [0.3, 0.4) is 0 Å². The van der Waals surface area contributed by atoms with E-state index in [1.54, 1.807) is 0 Å². The van der Waals surface area contributed by atoms with E-state index in [9.17, 15) is 19.1 Å². The molecule has 72 valence electrons. The van der Waals surface area contributed by atoms with Crippen LogP contribution in [0.15, 0.2) is 0 Å². The van der Waals surface area contributed by atoms with Gasteiger partial charge in [0.1, 0.15) is 12.2 Å². The van der Waals surface area contributed by atoms with Gasteiger partial charge in [-0.05, 0) is 0 Å². The zero-order valence-corrected chi connectivity index (χ0v) is 6.72. The maximum atomic E-state index is 9.82. The molecule has 12 heavy (non-hydrogen) atoms. The van der Waals surface area contributed by atoms with Crippen LogP contribution in [0.2, 0.25) is 0 Å². The highest BCUT2D eigenvalue weighted by molar-refractivity contribution is 7.43. The van der Waals surface area contributed by atoms with Gasteiger partial charge in [-0.25, -0.2) is 0 Å². The van der Waals surface area contributed by atoms with Crippen LogP contribution in [0, 0.1) is 0 Å². The van der Waals surface area contributed by atoms with E-state index in [-0.39, 0.29) is 6.29 Å². The van der Waals surface area contributed by atoms with Gasteiger partial charge in [-0.2, -0.15) is 0 Å². The average Bonchev–Trinajstić information content (AvgIpc) is 1.97. The molecule has 0 aliphatic carbocycles. The minimum atomic E-state index is -5.16. The van der Waals surface area contributed by atoms with Crippen LogP contribution in [0.5, 0.6) is 0 Å². The highest BCUT2D eigenvalue weighted by Crippen LogP contribution is 2.24. The van der Waals surface area contributed by atoms with Gasteiger partial charge < -0.3 is 33.9 Å². The largest absolute Gasteiger partial charge is 0.790 e. The highest BCUT2D eigenvalue weighted by Gasteiger charge is 2.15. The van der Waals surface area contributed by atoms with E-state index in [1.807, 2.05) is 0 Å². The summed E-state index contributed by atoms with van der Waals surface area (Å²) in [6.07, 6.45) is -3.47. The summed E-state index contributed by atoms with van der Waals surface area (Å²) in [6, 6.07) is 0. The molecular weight excluding hydrogens is 191 g/mol. The molecule has 7 nitrogen and oxygen atoms in total. The Labute approximate surface area is 67.8 Å². The Morgan fingerprint density at radius 3 is 2.33 bits per heavy atom. The van der Waals surface area contributed by atoms with E-state index in [4.69, 9.17) is 10.2 Å². The maximum Gasteiger partial charge on any atom is 0.151 e. The van der Waals surface area contributed by atoms with E-state index < -0.39 is 26.6 Å². The number of hydrogen-bond acceptors (Lipinski definition) is 7. The van der Waals surface area contributed by atoms with Crippen LogP contribution in [0.4, 0.5) is 0 Å². The van der Waals surface area contributed by atoms with E-state index in [2.05, 4.69) is 4.52 Å². The van der Waals surface area contributed by atoms with Crippen molar-refractivity contribution in [3.8, 4) is 0 Å². The van der Waals surface area contributed by atoms with E-state index in [0.29, 0.717) is 0 Å². The molecule has 2 atom stereocenters. The number of aliphatic hydroxyl groups is 2. The molecule has 8 heteroatoms. The zero-order chi connectivity index (χ0) is 9.78. The van der Waals surface area contributed by atoms with Gasteiger partial charge in [0.25, 0.3) is 0 Å². The Bertz CT molecular complexity index is 186. The molecule has 0 aliphatic rings. The van der Waals surface area contributed by atoms with Gasteiger partial charge in [-0.15, -0.1) is 0 Å². The van der Waals surface area contributed by atoms with Crippen molar-refractivity contribution in [1.82, 2.24) is 0 Å². The summed E-state index contributed by atoms with van der Waals surface area (Å²) in [6.45, 7) is -0.926. The first kappa shape index (κ1) is 11.7. The molecule has 0 rings (SSSR count). The Kier molecular flexibility index (Phi) is 4.54. The molecule has 0 aromatic carbocycles. The zero-order valence-electron chi connectivity index (χ0n) is 5.82. The number of hydrogen-bond donors (Lipinski definition) is 2. The quantitative estimate of drug-likeness (QED) is 0.350. The van der Waals surface area contributed by atoms with Crippen LogP contribution in [-0.2, 0) is 13.9 Å². The second-order valence-corrected chi connectivity index (χ2v) is 3.09. The van der Waals surface area contributed by atoms with Gasteiger partial charge in [-0.3, -0.25) is 0 Å². The van der Waals surface area contributed by atoms with Gasteiger partial charge in [-0.1, -0.05) is 0 Å². The van der Waals surface area contributed by atoms with Crippen molar-refractivity contribution in [2.75, 3.05) is 6.61 Å². The monoisotopic (exact) mass is 198 g/mol. The second kappa shape index (κ2) is 4.66. The normalized spacial score (nSPS) is 17.0. The van der Waals surface area contributed by atoms with Crippen molar-refractivity contribution in [1.29, 1.82) is 0 Å². The first-order valence-electron chi connectivity index (χ1n) is 2.85. The number of carbonyl (C=O) groups excluding carboxylic acids is 1. The number of aliphatic hydroxyl groups excluding tert-OH is 2. The molecule has 0 bridgehead atoms. The van der Waals surface area contributed by atoms with Gasteiger partial charge >= 0.3 is 0 Å². The molecule has 0 radical (unpaired) electrons. The third kappa shape index (κ3) is 5.36. The van der Waals surface area contributed by atoms with E-state index in [1.165, 1.54) is 0 Å². The van der Waals surface area contributed by atoms with E-state index in [0.717, 1.165) is 0 Å². The molecule has 0 aliphatic heterocycles. The molecule has 0 spiro atoms. The predicted molar refractivity (Wildman–Crippen MR) is 31.6 cm³/mol. The molecule has 0 aromatic heterocycles. The van der Waals surface area contributed by atoms with Crippen molar-refractivity contribution < 1.29 is 33.9 Å². The van der Waals surface area contributed by atoms with Crippen molar-refractivity contribution in [2.24, 2.45) is 0 Å². The Hall–Kier alpha value is -0.300.